The van der Waals surface area contributed by atoms with Gasteiger partial charge in [-0.3, -0.25) is 14.9 Å². The number of amides is 1. The van der Waals surface area contributed by atoms with Gasteiger partial charge in [-0.2, -0.15) is 0 Å². The normalized spacial score (nSPS) is 17.3. The van der Waals surface area contributed by atoms with Gasteiger partial charge in [0.1, 0.15) is 5.75 Å². The largest absolute Gasteiger partial charge is 0.497 e. The van der Waals surface area contributed by atoms with E-state index in [4.69, 9.17) is 9.47 Å². The van der Waals surface area contributed by atoms with Crippen LogP contribution in [-0.4, -0.2) is 55.4 Å². The van der Waals surface area contributed by atoms with E-state index in [1.54, 1.807) is 24.3 Å². The number of benzene rings is 2. The Balaban J connectivity index is 1.79. The van der Waals surface area contributed by atoms with Crippen LogP contribution in [0.1, 0.15) is 12.0 Å². The molecule has 1 amide bonds. The second-order valence-corrected chi connectivity index (χ2v) is 9.17. The van der Waals surface area contributed by atoms with Crippen molar-refractivity contribution in [3.05, 3.63) is 64.2 Å². The van der Waals surface area contributed by atoms with Crippen molar-refractivity contribution in [1.29, 1.82) is 0 Å². The molecule has 0 aromatic heterocycles. The van der Waals surface area contributed by atoms with E-state index in [2.05, 4.69) is 0 Å². The van der Waals surface area contributed by atoms with E-state index in [1.165, 1.54) is 30.2 Å². The quantitative estimate of drug-likeness (QED) is 0.462. The zero-order valence-corrected chi connectivity index (χ0v) is 17.2. The van der Waals surface area contributed by atoms with Gasteiger partial charge in [-0.15, -0.1) is 0 Å². The number of hydrogen-bond acceptors (Lipinski definition) is 7. The number of rotatable bonds is 8. The molecule has 2 aromatic carbocycles. The van der Waals surface area contributed by atoms with Crippen molar-refractivity contribution >= 4 is 21.4 Å². The molecule has 0 N–H and O–H groups in total. The Bertz CT molecular complexity index is 1040. The zero-order chi connectivity index (χ0) is 21.7. The first-order valence-electron chi connectivity index (χ1n) is 9.28. The predicted octanol–water partition coefficient (Wildman–Crippen LogP) is 2.20. The third-order valence-corrected chi connectivity index (χ3v) is 6.62. The van der Waals surface area contributed by atoms with Gasteiger partial charge in [-0.05, 0) is 30.2 Å². The Morgan fingerprint density at radius 1 is 1.23 bits per heavy atom. The Labute approximate surface area is 174 Å². The third kappa shape index (κ3) is 5.26. The molecule has 10 heteroatoms. The van der Waals surface area contributed by atoms with Crippen LogP contribution < -0.4 is 9.47 Å². The van der Waals surface area contributed by atoms with Crippen LogP contribution in [0.5, 0.6) is 11.5 Å². The molecule has 0 radical (unpaired) electrons. The summed E-state index contributed by atoms with van der Waals surface area (Å²) in [5, 5.41) is 11.1. The first-order chi connectivity index (χ1) is 14.3. The topological polar surface area (TPSA) is 116 Å². The second-order valence-electron chi connectivity index (χ2n) is 6.94. The maximum absolute atomic E-state index is 13.0. The highest BCUT2D eigenvalue weighted by atomic mass is 32.2. The maximum Gasteiger partial charge on any atom is 0.310 e. The summed E-state index contributed by atoms with van der Waals surface area (Å²) in [6.45, 7) is -0.262. The molecule has 160 valence electrons. The van der Waals surface area contributed by atoms with E-state index in [0.717, 1.165) is 5.56 Å². The number of carbonyl (C=O) groups is 1. The van der Waals surface area contributed by atoms with Crippen molar-refractivity contribution in [2.24, 2.45) is 0 Å². The van der Waals surface area contributed by atoms with Gasteiger partial charge >= 0.3 is 5.69 Å². The lowest BCUT2D eigenvalue weighted by Gasteiger charge is -2.28. The summed E-state index contributed by atoms with van der Waals surface area (Å²) in [4.78, 5) is 25.0. The second kappa shape index (κ2) is 9.12. The monoisotopic (exact) mass is 434 g/mol. The summed E-state index contributed by atoms with van der Waals surface area (Å²) in [5.41, 5.74) is 0.533. The minimum absolute atomic E-state index is 0.0174. The van der Waals surface area contributed by atoms with Crippen LogP contribution in [0.2, 0.25) is 0 Å². The highest BCUT2D eigenvalue weighted by Crippen LogP contribution is 2.27. The van der Waals surface area contributed by atoms with Gasteiger partial charge < -0.3 is 14.4 Å². The minimum atomic E-state index is -3.21. The molecule has 3 rings (SSSR count). The Morgan fingerprint density at radius 2 is 2.00 bits per heavy atom. The number of hydrogen-bond donors (Lipinski definition) is 0. The van der Waals surface area contributed by atoms with Crippen LogP contribution in [0.15, 0.2) is 48.5 Å². The fraction of sp³-hybridized carbons (Fsp3) is 0.350. The molecule has 1 fully saturated rings. The van der Waals surface area contributed by atoms with Crippen LogP contribution in [0.4, 0.5) is 5.69 Å². The standard InChI is InChI=1S/C20H22N2O7S/c1-28-17-6-4-5-15(11-17)12-21(16-9-10-30(26,27)14-16)20(23)13-29-19-8-3-2-7-18(19)22(24)25/h2-8,11,16H,9-10,12-14H2,1H3/t16-/m0/s1. The van der Waals surface area contributed by atoms with Crippen molar-refractivity contribution in [3.63, 3.8) is 0 Å². The molecule has 2 aromatic rings. The number of para-hydroxylation sites is 2. The maximum atomic E-state index is 13.0. The number of nitrogens with zero attached hydrogens (tertiary/aromatic N) is 2. The minimum Gasteiger partial charge on any atom is -0.497 e. The van der Waals surface area contributed by atoms with E-state index in [1.807, 2.05) is 6.07 Å². The lowest BCUT2D eigenvalue weighted by molar-refractivity contribution is -0.385. The van der Waals surface area contributed by atoms with Gasteiger partial charge in [-0.25, -0.2) is 8.42 Å². The lowest BCUT2D eigenvalue weighted by atomic mass is 10.1. The van der Waals surface area contributed by atoms with Gasteiger partial charge in [0.2, 0.25) is 0 Å². The summed E-state index contributed by atoms with van der Waals surface area (Å²) in [6.07, 6.45) is 0.337. The number of nitro benzene ring substituents is 1. The SMILES string of the molecule is COc1cccc(CN(C(=O)COc2ccccc2[N+](=O)[O-])[C@H]2CCS(=O)(=O)C2)c1. The summed E-state index contributed by atoms with van der Waals surface area (Å²) >= 11 is 0. The number of carbonyl (C=O) groups excluding carboxylic acids is 1. The van der Waals surface area contributed by atoms with Crippen molar-refractivity contribution < 1.29 is 27.6 Å². The number of methoxy groups -OCH3 is 1. The summed E-state index contributed by atoms with van der Waals surface area (Å²) < 4.78 is 34.5. The molecular formula is C20H22N2O7S. The summed E-state index contributed by atoms with van der Waals surface area (Å²) in [7, 11) is -1.68. The van der Waals surface area contributed by atoms with E-state index in [9.17, 15) is 23.3 Å². The average molecular weight is 434 g/mol. The zero-order valence-electron chi connectivity index (χ0n) is 16.4. The Kier molecular flexibility index (Phi) is 6.56. The Hall–Kier alpha value is -3.14. The first-order valence-corrected chi connectivity index (χ1v) is 11.1. The molecule has 30 heavy (non-hydrogen) atoms. The Morgan fingerprint density at radius 3 is 2.67 bits per heavy atom. The molecule has 1 saturated heterocycles. The van der Waals surface area contributed by atoms with Crippen LogP contribution in [0.3, 0.4) is 0 Å². The van der Waals surface area contributed by atoms with Crippen molar-refractivity contribution in [1.82, 2.24) is 4.90 Å². The average Bonchev–Trinajstić information content (AvgIpc) is 3.09. The van der Waals surface area contributed by atoms with Crippen LogP contribution in [0, 0.1) is 10.1 Å². The highest BCUT2D eigenvalue weighted by Gasteiger charge is 2.35. The molecule has 0 bridgehead atoms. The molecule has 0 aliphatic carbocycles. The van der Waals surface area contributed by atoms with Crippen LogP contribution in [-0.2, 0) is 21.2 Å². The van der Waals surface area contributed by atoms with Gasteiger partial charge in [0.25, 0.3) is 5.91 Å². The number of nitro groups is 1. The molecule has 0 unspecified atom stereocenters. The number of sulfone groups is 1. The van der Waals surface area contributed by atoms with E-state index < -0.39 is 33.3 Å². The van der Waals surface area contributed by atoms with Crippen LogP contribution >= 0.6 is 0 Å². The molecule has 9 nitrogen and oxygen atoms in total. The number of ether oxygens (including phenoxy) is 2. The van der Waals surface area contributed by atoms with Gasteiger partial charge in [0.15, 0.2) is 22.2 Å². The van der Waals surface area contributed by atoms with Gasteiger partial charge in [0, 0.05) is 18.7 Å². The third-order valence-electron chi connectivity index (χ3n) is 4.87. The van der Waals surface area contributed by atoms with E-state index in [0.29, 0.717) is 12.2 Å². The summed E-state index contributed by atoms with van der Waals surface area (Å²) in [5.74, 6) is 0.0584. The van der Waals surface area contributed by atoms with Crippen molar-refractivity contribution in [2.45, 2.75) is 19.0 Å². The van der Waals surface area contributed by atoms with Crippen LogP contribution in [0.25, 0.3) is 0 Å². The molecular weight excluding hydrogens is 412 g/mol. The summed E-state index contributed by atoms with van der Waals surface area (Å²) in [6, 6.07) is 12.4. The molecule has 1 aliphatic rings. The fourth-order valence-corrected chi connectivity index (χ4v) is 5.09. The molecule has 0 saturated carbocycles. The molecule has 0 spiro atoms. The first kappa shape index (κ1) is 21.6. The molecule has 1 atom stereocenters. The van der Waals surface area contributed by atoms with Gasteiger partial charge in [-0.1, -0.05) is 24.3 Å². The van der Waals surface area contributed by atoms with Crippen molar-refractivity contribution in [3.8, 4) is 11.5 Å². The molecule has 1 heterocycles. The lowest BCUT2D eigenvalue weighted by Crippen LogP contribution is -2.43. The molecule has 1 aliphatic heterocycles. The smallest absolute Gasteiger partial charge is 0.310 e. The van der Waals surface area contributed by atoms with E-state index >= 15 is 0 Å². The van der Waals surface area contributed by atoms with Crippen molar-refractivity contribution in [2.75, 3.05) is 25.2 Å². The fourth-order valence-electron chi connectivity index (χ4n) is 3.36. The van der Waals surface area contributed by atoms with E-state index in [-0.39, 0.29) is 29.5 Å². The van der Waals surface area contributed by atoms with Gasteiger partial charge in [0.05, 0.1) is 23.5 Å². The highest BCUT2D eigenvalue weighted by molar-refractivity contribution is 7.91. The predicted molar refractivity (Wildman–Crippen MR) is 109 cm³/mol.